The Morgan fingerprint density at radius 1 is 1.25 bits per heavy atom. The maximum Gasteiger partial charge on any atom is 0.0601 e. The molecule has 0 aromatic carbocycles. The van der Waals surface area contributed by atoms with Crippen molar-refractivity contribution in [1.29, 1.82) is 0 Å². The van der Waals surface area contributed by atoms with Gasteiger partial charge in [0, 0.05) is 44.8 Å². The first-order valence-electron chi connectivity index (χ1n) is 6.53. The summed E-state index contributed by atoms with van der Waals surface area (Å²) in [6, 6.07) is 0.197. The predicted molar refractivity (Wildman–Crippen MR) is 65.3 cm³/mol. The average Bonchev–Trinajstić information content (AvgIpc) is 3.05. The maximum atomic E-state index is 9.33. The SMILES string of the molecule is CC(N)C(CO)N1CCN(CC2CC2)CC1. The molecule has 2 fully saturated rings. The molecule has 4 heteroatoms. The van der Waals surface area contributed by atoms with E-state index in [9.17, 15) is 5.11 Å². The minimum absolute atomic E-state index is 0.0555. The summed E-state index contributed by atoms with van der Waals surface area (Å²) >= 11 is 0. The van der Waals surface area contributed by atoms with Gasteiger partial charge in [-0.3, -0.25) is 4.90 Å². The van der Waals surface area contributed by atoms with Gasteiger partial charge in [0.25, 0.3) is 0 Å². The van der Waals surface area contributed by atoms with E-state index in [-0.39, 0.29) is 18.7 Å². The Morgan fingerprint density at radius 3 is 2.31 bits per heavy atom. The van der Waals surface area contributed by atoms with Gasteiger partial charge in [0.05, 0.1) is 6.61 Å². The highest BCUT2D eigenvalue weighted by Gasteiger charge is 2.29. The van der Waals surface area contributed by atoms with Crippen molar-refractivity contribution in [2.75, 3.05) is 39.3 Å². The Hall–Kier alpha value is -0.160. The molecule has 0 aromatic heterocycles. The quantitative estimate of drug-likeness (QED) is 0.678. The van der Waals surface area contributed by atoms with E-state index in [2.05, 4.69) is 9.80 Å². The van der Waals surface area contributed by atoms with Crippen LogP contribution in [-0.2, 0) is 0 Å². The van der Waals surface area contributed by atoms with Crippen LogP contribution >= 0.6 is 0 Å². The summed E-state index contributed by atoms with van der Waals surface area (Å²) in [6.45, 7) is 7.84. The van der Waals surface area contributed by atoms with Crippen molar-refractivity contribution in [2.45, 2.75) is 31.8 Å². The lowest BCUT2D eigenvalue weighted by atomic mass is 10.1. The van der Waals surface area contributed by atoms with Crippen molar-refractivity contribution in [3.8, 4) is 0 Å². The van der Waals surface area contributed by atoms with E-state index >= 15 is 0 Å². The van der Waals surface area contributed by atoms with Crippen LogP contribution in [0.2, 0.25) is 0 Å². The molecule has 0 bridgehead atoms. The molecular weight excluding hydrogens is 202 g/mol. The smallest absolute Gasteiger partial charge is 0.0601 e. The Kier molecular flexibility index (Phi) is 4.19. The van der Waals surface area contributed by atoms with Crippen molar-refractivity contribution >= 4 is 0 Å². The summed E-state index contributed by atoms with van der Waals surface area (Å²) in [5.74, 6) is 0.980. The minimum Gasteiger partial charge on any atom is -0.395 e. The van der Waals surface area contributed by atoms with Crippen LogP contribution in [0.4, 0.5) is 0 Å². The third-order valence-corrected chi connectivity index (χ3v) is 3.88. The molecule has 2 atom stereocenters. The van der Waals surface area contributed by atoms with E-state index < -0.39 is 0 Å². The molecule has 1 aliphatic heterocycles. The highest BCUT2D eigenvalue weighted by Crippen LogP contribution is 2.30. The standard InChI is InChI=1S/C12H25N3O/c1-10(13)12(9-16)15-6-4-14(5-7-15)8-11-2-3-11/h10-12,16H,2-9,13H2,1H3. The largest absolute Gasteiger partial charge is 0.395 e. The second-order valence-electron chi connectivity index (χ2n) is 5.39. The fourth-order valence-corrected chi connectivity index (χ4v) is 2.56. The summed E-state index contributed by atoms with van der Waals surface area (Å²) in [4.78, 5) is 4.90. The van der Waals surface area contributed by atoms with E-state index in [0.29, 0.717) is 0 Å². The molecule has 0 radical (unpaired) electrons. The number of aliphatic hydroxyl groups is 1. The lowest BCUT2D eigenvalue weighted by Crippen LogP contribution is -2.56. The first-order chi connectivity index (χ1) is 7.70. The highest BCUT2D eigenvalue weighted by molar-refractivity contribution is 4.85. The molecule has 0 amide bonds. The Bertz CT molecular complexity index is 210. The van der Waals surface area contributed by atoms with E-state index in [1.54, 1.807) is 0 Å². The van der Waals surface area contributed by atoms with Gasteiger partial charge in [-0.15, -0.1) is 0 Å². The van der Waals surface area contributed by atoms with Crippen molar-refractivity contribution in [3.05, 3.63) is 0 Å². The van der Waals surface area contributed by atoms with Crippen LogP contribution in [0.25, 0.3) is 0 Å². The van der Waals surface area contributed by atoms with Gasteiger partial charge < -0.3 is 15.7 Å². The van der Waals surface area contributed by atoms with Crippen molar-refractivity contribution in [2.24, 2.45) is 11.7 Å². The van der Waals surface area contributed by atoms with Crippen LogP contribution in [0.3, 0.4) is 0 Å². The maximum absolute atomic E-state index is 9.33. The number of nitrogens with zero attached hydrogens (tertiary/aromatic N) is 2. The van der Waals surface area contributed by atoms with Crippen molar-refractivity contribution < 1.29 is 5.11 Å². The molecule has 0 spiro atoms. The van der Waals surface area contributed by atoms with Crippen molar-refractivity contribution in [3.63, 3.8) is 0 Å². The van der Waals surface area contributed by atoms with Gasteiger partial charge in [0.1, 0.15) is 0 Å². The second-order valence-corrected chi connectivity index (χ2v) is 5.39. The van der Waals surface area contributed by atoms with Crippen LogP contribution in [0.15, 0.2) is 0 Å². The monoisotopic (exact) mass is 227 g/mol. The summed E-state index contributed by atoms with van der Waals surface area (Å²) in [5, 5.41) is 9.33. The van der Waals surface area contributed by atoms with Gasteiger partial charge in [-0.2, -0.15) is 0 Å². The number of hydrogen-bond donors (Lipinski definition) is 2. The Labute approximate surface area is 98.4 Å². The molecular formula is C12H25N3O. The topological polar surface area (TPSA) is 52.7 Å². The second kappa shape index (κ2) is 5.45. The molecule has 1 heterocycles. The van der Waals surface area contributed by atoms with Crippen LogP contribution < -0.4 is 5.73 Å². The number of nitrogens with two attached hydrogens (primary N) is 1. The van der Waals surface area contributed by atoms with Gasteiger partial charge in [-0.25, -0.2) is 0 Å². The highest BCUT2D eigenvalue weighted by atomic mass is 16.3. The van der Waals surface area contributed by atoms with E-state index in [1.807, 2.05) is 6.92 Å². The average molecular weight is 227 g/mol. The van der Waals surface area contributed by atoms with Crippen LogP contribution in [-0.4, -0.2) is 66.3 Å². The normalized spacial score (nSPS) is 27.9. The molecule has 16 heavy (non-hydrogen) atoms. The third-order valence-electron chi connectivity index (χ3n) is 3.88. The van der Waals surface area contributed by atoms with Crippen LogP contribution in [0.5, 0.6) is 0 Å². The summed E-state index contributed by atoms with van der Waals surface area (Å²) < 4.78 is 0. The third kappa shape index (κ3) is 3.17. The molecule has 1 saturated carbocycles. The fraction of sp³-hybridized carbons (Fsp3) is 1.00. The van der Waals surface area contributed by atoms with Crippen LogP contribution in [0, 0.1) is 5.92 Å². The van der Waals surface area contributed by atoms with Gasteiger partial charge in [0.2, 0.25) is 0 Å². The minimum atomic E-state index is 0.0555. The Balaban J connectivity index is 1.74. The first kappa shape index (κ1) is 12.3. The van der Waals surface area contributed by atoms with Crippen LogP contribution in [0.1, 0.15) is 19.8 Å². The van der Waals surface area contributed by atoms with Gasteiger partial charge in [0.15, 0.2) is 0 Å². The zero-order valence-corrected chi connectivity index (χ0v) is 10.3. The molecule has 4 nitrogen and oxygen atoms in total. The van der Waals surface area contributed by atoms with E-state index in [0.717, 1.165) is 32.1 Å². The summed E-state index contributed by atoms with van der Waals surface area (Å²) in [6.07, 6.45) is 2.86. The molecule has 0 aromatic rings. The zero-order chi connectivity index (χ0) is 11.5. The lowest BCUT2D eigenvalue weighted by Gasteiger charge is -2.40. The Morgan fingerprint density at radius 2 is 1.88 bits per heavy atom. The molecule has 2 rings (SSSR count). The molecule has 3 N–H and O–H groups in total. The van der Waals surface area contributed by atoms with E-state index in [4.69, 9.17) is 5.73 Å². The fourth-order valence-electron chi connectivity index (χ4n) is 2.56. The molecule has 94 valence electrons. The molecule has 1 aliphatic carbocycles. The number of piperazine rings is 1. The van der Waals surface area contributed by atoms with Gasteiger partial charge in [-0.05, 0) is 25.7 Å². The van der Waals surface area contributed by atoms with E-state index in [1.165, 1.54) is 19.4 Å². The molecule has 2 aliphatic rings. The number of rotatable bonds is 5. The number of hydrogen-bond acceptors (Lipinski definition) is 4. The molecule has 2 unspecified atom stereocenters. The van der Waals surface area contributed by atoms with Gasteiger partial charge >= 0.3 is 0 Å². The predicted octanol–water partition coefficient (Wildman–Crippen LogP) is -0.278. The summed E-state index contributed by atoms with van der Waals surface area (Å²) in [7, 11) is 0. The lowest BCUT2D eigenvalue weighted by molar-refractivity contribution is 0.0545. The molecule has 1 saturated heterocycles. The zero-order valence-electron chi connectivity index (χ0n) is 10.3. The first-order valence-corrected chi connectivity index (χ1v) is 6.53. The summed E-state index contributed by atoms with van der Waals surface area (Å²) in [5.41, 5.74) is 5.89. The van der Waals surface area contributed by atoms with Crippen molar-refractivity contribution in [1.82, 2.24) is 9.80 Å². The number of aliphatic hydroxyl groups excluding tert-OH is 1. The van der Waals surface area contributed by atoms with Gasteiger partial charge in [-0.1, -0.05) is 0 Å².